The number of nitrogens with one attached hydrogen (secondary N) is 1. The molecule has 0 aromatic heterocycles. The number of carboxylic acid groups (broad SMARTS) is 1. The monoisotopic (exact) mass is 307 g/mol. The van der Waals surface area contributed by atoms with Gasteiger partial charge in [0.25, 0.3) is 5.91 Å². The summed E-state index contributed by atoms with van der Waals surface area (Å²) in [5.41, 5.74) is 1.09. The minimum Gasteiger partial charge on any atom is -0.483 e. The lowest BCUT2D eigenvalue weighted by Gasteiger charge is -2.16. The van der Waals surface area contributed by atoms with Crippen molar-refractivity contribution in [2.24, 2.45) is 5.92 Å². The van der Waals surface area contributed by atoms with Crippen LogP contribution >= 0.6 is 0 Å². The number of carbonyl (C=O) groups is 2. The average molecular weight is 307 g/mol. The van der Waals surface area contributed by atoms with E-state index in [1.54, 1.807) is 6.92 Å². The van der Waals surface area contributed by atoms with E-state index in [1.807, 2.05) is 24.3 Å². The van der Waals surface area contributed by atoms with Gasteiger partial charge in [0.15, 0.2) is 6.61 Å². The average Bonchev–Trinajstić information content (AvgIpc) is 2.49. The Kier molecular flexibility index (Phi) is 7.43. The van der Waals surface area contributed by atoms with E-state index in [9.17, 15) is 9.59 Å². The molecule has 1 amide bonds. The van der Waals surface area contributed by atoms with Crippen LogP contribution in [0.2, 0.25) is 0 Å². The van der Waals surface area contributed by atoms with Gasteiger partial charge >= 0.3 is 5.97 Å². The molecule has 1 aromatic rings. The first kappa shape index (κ1) is 18.0. The fourth-order valence-corrected chi connectivity index (χ4v) is 2.09. The van der Waals surface area contributed by atoms with Crippen LogP contribution in [0.4, 0.5) is 0 Å². The van der Waals surface area contributed by atoms with Gasteiger partial charge in [0.1, 0.15) is 5.75 Å². The second-order valence-corrected chi connectivity index (χ2v) is 5.64. The zero-order valence-corrected chi connectivity index (χ0v) is 13.5. The summed E-state index contributed by atoms with van der Waals surface area (Å²) in [5.74, 6) is -0.106. The van der Waals surface area contributed by atoms with Crippen LogP contribution < -0.4 is 10.1 Å². The van der Waals surface area contributed by atoms with E-state index < -0.39 is 5.97 Å². The minimum absolute atomic E-state index is 0.0397. The van der Waals surface area contributed by atoms with Crippen molar-refractivity contribution in [1.29, 1.82) is 0 Å². The first-order valence-electron chi connectivity index (χ1n) is 7.64. The van der Waals surface area contributed by atoms with Crippen molar-refractivity contribution in [2.75, 3.05) is 13.2 Å². The Morgan fingerprint density at radius 3 is 2.59 bits per heavy atom. The van der Waals surface area contributed by atoms with Crippen LogP contribution in [-0.4, -0.2) is 30.1 Å². The molecule has 122 valence electrons. The molecule has 0 saturated heterocycles. The number of carboxylic acids is 1. The van der Waals surface area contributed by atoms with Crippen molar-refractivity contribution in [1.82, 2.24) is 5.32 Å². The molecule has 2 atom stereocenters. The van der Waals surface area contributed by atoms with Gasteiger partial charge in [-0.25, -0.2) is 0 Å². The zero-order valence-electron chi connectivity index (χ0n) is 13.5. The molecule has 0 radical (unpaired) electrons. The number of benzene rings is 1. The highest BCUT2D eigenvalue weighted by Crippen LogP contribution is 2.28. The summed E-state index contributed by atoms with van der Waals surface area (Å²) in [6, 6.07) is 7.72. The van der Waals surface area contributed by atoms with Crippen LogP contribution in [0.25, 0.3) is 0 Å². The molecule has 5 heteroatoms. The van der Waals surface area contributed by atoms with Crippen molar-refractivity contribution in [3.05, 3.63) is 29.8 Å². The number of aliphatic carboxylic acids is 1. The summed E-state index contributed by atoms with van der Waals surface area (Å²) in [6.45, 7) is 6.29. The van der Waals surface area contributed by atoms with Crippen molar-refractivity contribution < 1.29 is 19.4 Å². The molecule has 0 fully saturated rings. The van der Waals surface area contributed by atoms with E-state index in [2.05, 4.69) is 19.2 Å². The highest BCUT2D eigenvalue weighted by atomic mass is 16.5. The van der Waals surface area contributed by atoms with Crippen LogP contribution in [0.5, 0.6) is 5.75 Å². The summed E-state index contributed by atoms with van der Waals surface area (Å²) >= 11 is 0. The maximum Gasteiger partial charge on any atom is 0.303 e. The molecule has 0 aliphatic carbocycles. The zero-order chi connectivity index (χ0) is 16.5. The second-order valence-electron chi connectivity index (χ2n) is 5.64. The summed E-state index contributed by atoms with van der Waals surface area (Å²) in [7, 11) is 0. The molecule has 0 aliphatic rings. The second kappa shape index (κ2) is 9.07. The highest BCUT2D eigenvalue weighted by Gasteiger charge is 2.12. The fourth-order valence-electron chi connectivity index (χ4n) is 2.09. The molecular formula is C17H25NO4. The van der Waals surface area contributed by atoms with Crippen molar-refractivity contribution in [3.63, 3.8) is 0 Å². The van der Waals surface area contributed by atoms with E-state index in [0.717, 1.165) is 17.7 Å². The Morgan fingerprint density at radius 2 is 1.95 bits per heavy atom. The Bertz CT molecular complexity index is 501. The van der Waals surface area contributed by atoms with E-state index >= 15 is 0 Å². The van der Waals surface area contributed by atoms with Crippen molar-refractivity contribution >= 4 is 11.9 Å². The van der Waals surface area contributed by atoms with Gasteiger partial charge in [-0.2, -0.15) is 0 Å². The summed E-state index contributed by atoms with van der Waals surface area (Å²) < 4.78 is 5.61. The molecule has 1 aromatic carbocycles. The van der Waals surface area contributed by atoms with Crippen LogP contribution in [0, 0.1) is 5.92 Å². The predicted octanol–water partition coefficient (Wildman–Crippen LogP) is 2.81. The molecule has 0 bridgehead atoms. The fraction of sp³-hybridized carbons (Fsp3) is 0.529. The molecule has 0 aliphatic heterocycles. The van der Waals surface area contributed by atoms with E-state index in [0.29, 0.717) is 12.5 Å². The van der Waals surface area contributed by atoms with Gasteiger partial charge in [-0.3, -0.25) is 9.59 Å². The maximum absolute atomic E-state index is 11.8. The van der Waals surface area contributed by atoms with Crippen LogP contribution in [-0.2, 0) is 9.59 Å². The lowest BCUT2D eigenvalue weighted by Crippen LogP contribution is -2.33. The Balaban J connectivity index is 2.46. The Hall–Kier alpha value is -2.04. The molecule has 22 heavy (non-hydrogen) atoms. The molecule has 2 unspecified atom stereocenters. The standard InChI is InChI=1S/C17H25NO4/c1-4-13(3)14-7-5-6-8-15(14)22-11-16(19)18-10-12(2)9-17(20)21/h5-8,12-13H,4,9-11H2,1-3H3,(H,18,19)(H,20,21). The van der Waals surface area contributed by atoms with Crippen molar-refractivity contribution in [2.45, 2.75) is 39.5 Å². The molecule has 1 rings (SSSR count). The molecule has 0 spiro atoms. The van der Waals surface area contributed by atoms with E-state index in [4.69, 9.17) is 9.84 Å². The van der Waals surface area contributed by atoms with Gasteiger partial charge in [0.05, 0.1) is 0 Å². The quantitative estimate of drug-likeness (QED) is 0.735. The summed E-state index contributed by atoms with van der Waals surface area (Å²) in [4.78, 5) is 22.3. The minimum atomic E-state index is -0.861. The Morgan fingerprint density at radius 1 is 1.27 bits per heavy atom. The SMILES string of the molecule is CCC(C)c1ccccc1OCC(=O)NCC(C)CC(=O)O. The van der Waals surface area contributed by atoms with Gasteiger partial charge in [0.2, 0.25) is 0 Å². The lowest BCUT2D eigenvalue weighted by atomic mass is 9.98. The number of rotatable bonds is 9. The third kappa shape index (κ3) is 6.16. The number of carbonyl (C=O) groups excluding carboxylic acids is 1. The normalized spacial score (nSPS) is 13.2. The third-order valence-corrected chi connectivity index (χ3v) is 3.59. The van der Waals surface area contributed by atoms with E-state index in [-0.39, 0.29) is 24.9 Å². The highest BCUT2D eigenvalue weighted by molar-refractivity contribution is 5.77. The number of ether oxygens (including phenoxy) is 1. The van der Waals surface area contributed by atoms with Gasteiger partial charge in [-0.15, -0.1) is 0 Å². The molecule has 0 saturated carbocycles. The van der Waals surface area contributed by atoms with Crippen molar-refractivity contribution in [3.8, 4) is 5.75 Å². The first-order chi connectivity index (χ1) is 10.4. The molecular weight excluding hydrogens is 282 g/mol. The number of hydrogen-bond acceptors (Lipinski definition) is 3. The molecule has 2 N–H and O–H groups in total. The van der Waals surface area contributed by atoms with Crippen LogP contribution in [0.3, 0.4) is 0 Å². The smallest absolute Gasteiger partial charge is 0.303 e. The summed E-state index contributed by atoms with van der Waals surface area (Å²) in [6.07, 6.45) is 1.04. The van der Waals surface area contributed by atoms with Gasteiger partial charge < -0.3 is 15.2 Å². The summed E-state index contributed by atoms with van der Waals surface area (Å²) in [5, 5.41) is 11.4. The predicted molar refractivity (Wildman–Crippen MR) is 85.1 cm³/mol. The first-order valence-corrected chi connectivity index (χ1v) is 7.64. The van der Waals surface area contributed by atoms with Gasteiger partial charge in [0, 0.05) is 13.0 Å². The van der Waals surface area contributed by atoms with Gasteiger partial charge in [-0.1, -0.05) is 39.0 Å². The Labute approximate surface area is 131 Å². The number of para-hydroxylation sites is 1. The van der Waals surface area contributed by atoms with Gasteiger partial charge in [-0.05, 0) is 29.9 Å². The van der Waals surface area contributed by atoms with Crippen LogP contribution in [0.15, 0.2) is 24.3 Å². The molecule has 0 heterocycles. The number of hydrogen-bond donors (Lipinski definition) is 2. The lowest BCUT2D eigenvalue weighted by molar-refractivity contribution is -0.138. The van der Waals surface area contributed by atoms with Crippen LogP contribution in [0.1, 0.15) is 45.1 Å². The maximum atomic E-state index is 11.8. The third-order valence-electron chi connectivity index (χ3n) is 3.59. The number of amides is 1. The largest absolute Gasteiger partial charge is 0.483 e. The topological polar surface area (TPSA) is 75.6 Å². The van der Waals surface area contributed by atoms with E-state index in [1.165, 1.54) is 0 Å². The molecule has 5 nitrogen and oxygen atoms in total.